The van der Waals surface area contributed by atoms with Gasteiger partial charge in [-0.25, -0.2) is 4.79 Å². The van der Waals surface area contributed by atoms with E-state index in [1.807, 2.05) is 32.0 Å². The fourth-order valence-electron chi connectivity index (χ4n) is 1.51. The summed E-state index contributed by atoms with van der Waals surface area (Å²) >= 11 is 0. The minimum atomic E-state index is -0.293. The first-order valence-electron chi connectivity index (χ1n) is 6.56. The van der Waals surface area contributed by atoms with Gasteiger partial charge < -0.3 is 20.5 Å². The minimum absolute atomic E-state index is 0.0652. The van der Waals surface area contributed by atoms with Crippen LogP contribution in [0.25, 0.3) is 0 Å². The van der Waals surface area contributed by atoms with Crippen LogP contribution in [-0.2, 0) is 0 Å². The second kappa shape index (κ2) is 8.37. The van der Waals surface area contributed by atoms with Gasteiger partial charge in [-0.2, -0.15) is 0 Å². The van der Waals surface area contributed by atoms with Gasteiger partial charge in [0.2, 0.25) is 0 Å². The van der Waals surface area contributed by atoms with E-state index in [9.17, 15) is 4.79 Å². The lowest BCUT2D eigenvalue weighted by Crippen LogP contribution is -2.30. The molecule has 2 amide bonds. The summed E-state index contributed by atoms with van der Waals surface area (Å²) in [5.74, 6) is 0.680. The quantitative estimate of drug-likeness (QED) is 0.663. The van der Waals surface area contributed by atoms with Crippen molar-refractivity contribution in [3.05, 3.63) is 23.8 Å². The number of aliphatic hydroxyl groups excluding tert-OH is 1. The number of aliphatic hydroxyl groups is 1. The average molecular weight is 266 g/mol. The van der Waals surface area contributed by atoms with Crippen molar-refractivity contribution in [2.75, 3.05) is 25.1 Å². The summed E-state index contributed by atoms with van der Waals surface area (Å²) in [4.78, 5) is 11.6. The van der Waals surface area contributed by atoms with Crippen LogP contribution in [0.2, 0.25) is 0 Å². The molecule has 5 nitrogen and oxygen atoms in total. The highest BCUT2D eigenvalue weighted by atomic mass is 16.5. The number of carbonyl (C=O) groups excluding carboxylic acids is 1. The Labute approximate surface area is 114 Å². The predicted molar refractivity (Wildman–Crippen MR) is 75.7 cm³/mol. The molecule has 5 heteroatoms. The summed E-state index contributed by atoms with van der Waals surface area (Å²) < 4.78 is 5.61. The van der Waals surface area contributed by atoms with Crippen molar-refractivity contribution >= 4 is 11.7 Å². The molecule has 106 valence electrons. The van der Waals surface area contributed by atoms with Gasteiger partial charge in [0.1, 0.15) is 5.75 Å². The molecule has 0 aliphatic rings. The second-order valence-electron chi connectivity index (χ2n) is 4.31. The fourth-order valence-corrected chi connectivity index (χ4v) is 1.51. The van der Waals surface area contributed by atoms with Crippen LogP contribution in [-0.4, -0.2) is 30.9 Å². The summed E-state index contributed by atoms with van der Waals surface area (Å²) in [7, 11) is 0. The Morgan fingerprint density at radius 1 is 1.42 bits per heavy atom. The summed E-state index contributed by atoms with van der Waals surface area (Å²) in [6.45, 7) is 5.13. The van der Waals surface area contributed by atoms with Crippen LogP contribution >= 0.6 is 0 Å². The number of carbonyl (C=O) groups is 1. The third-order valence-electron chi connectivity index (χ3n) is 2.47. The molecule has 0 unspecified atom stereocenters. The molecule has 3 N–H and O–H groups in total. The van der Waals surface area contributed by atoms with E-state index in [1.165, 1.54) is 0 Å². The van der Waals surface area contributed by atoms with Crippen molar-refractivity contribution < 1.29 is 14.6 Å². The first-order valence-corrected chi connectivity index (χ1v) is 6.56. The lowest BCUT2D eigenvalue weighted by Gasteiger charge is -2.13. The number of nitrogens with one attached hydrogen (secondary N) is 2. The van der Waals surface area contributed by atoms with Crippen molar-refractivity contribution in [1.29, 1.82) is 0 Å². The maximum absolute atomic E-state index is 11.6. The molecule has 0 radical (unpaired) electrons. The lowest BCUT2D eigenvalue weighted by atomic mass is 10.2. The number of anilines is 1. The van der Waals surface area contributed by atoms with Gasteiger partial charge in [0.25, 0.3) is 0 Å². The van der Waals surface area contributed by atoms with Gasteiger partial charge in [-0.1, -0.05) is 13.0 Å². The minimum Gasteiger partial charge on any atom is -0.491 e. The SMILES string of the molecule is CCCOc1cc(C)ccc1NC(=O)NCCCO. The molecular weight excluding hydrogens is 244 g/mol. The number of benzene rings is 1. The highest BCUT2D eigenvalue weighted by molar-refractivity contribution is 5.90. The Bertz CT molecular complexity index is 408. The van der Waals surface area contributed by atoms with Gasteiger partial charge in [-0.3, -0.25) is 0 Å². The summed E-state index contributed by atoms with van der Waals surface area (Å²) in [6, 6.07) is 5.35. The van der Waals surface area contributed by atoms with E-state index in [2.05, 4.69) is 10.6 Å². The standard InChI is InChI=1S/C14H22N2O3/c1-3-9-19-13-10-11(2)5-6-12(13)16-14(18)15-7-4-8-17/h5-6,10,17H,3-4,7-9H2,1-2H3,(H2,15,16,18). The van der Waals surface area contributed by atoms with Gasteiger partial charge in [0, 0.05) is 13.2 Å². The molecule has 0 fully saturated rings. The highest BCUT2D eigenvalue weighted by Gasteiger charge is 2.07. The number of hydrogen-bond acceptors (Lipinski definition) is 3. The molecule has 0 atom stereocenters. The van der Waals surface area contributed by atoms with E-state index >= 15 is 0 Å². The van der Waals surface area contributed by atoms with Crippen molar-refractivity contribution in [2.24, 2.45) is 0 Å². The van der Waals surface area contributed by atoms with Crippen LogP contribution in [0.5, 0.6) is 5.75 Å². The van der Waals surface area contributed by atoms with Crippen molar-refractivity contribution in [1.82, 2.24) is 5.32 Å². The lowest BCUT2D eigenvalue weighted by molar-refractivity contribution is 0.248. The van der Waals surface area contributed by atoms with Gasteiger partial charge in [-0.15, -0.1) is 0 Å². The molecule has 1 aromatic rings. The molecule has 19 heavy (non-hydrogen) atoms. The van der Waals surface area contributed by atoms with E-state index in [4.69, 9.17) is 9.84 Å². The van der Waals surface area contributed by atoms with E-state index in [-0.39, 0.29) is 12.6 Å². The number of amides is 2. The Morgan fingerprint density at radius 3 is 2.89 bits per heavy atom. The summed E-state index contributed by atoms with van der Waals surface area (Å²) in [5.41, 5.74) is 1.73. The molecule has 0 saturated heterocycles. The largest absolute Gasteiger partial charge is 0.491 e. The molecule has 1 aromatic carbocycles. The van der Waals surface area contributed by atoms with E-state index in [1.54, 1.807) is 0 Å². The maximum Gasteiger partial charge on any atom is 0.319 e. The van der Waals surface area contributed by atoms with Crippen LogP contribution < -0.4 is 15.4 Å². The third-order valence-corrected chi connectivity index (χ3v) is 2.47. The monoisotopic (exact) mass is 266 g/mol. The fraction of sp³-hybridized carbons (Fsp3) is 0.500. The molecule has 0 aliphatic carbocycles. The van der Waals surface area contributed by atoms with E-state index in [0.717, 1.165) is 12.0 Å². The zero-order valence-corrected chi connectivity index (χ0v) is 11.5. The van der Waals surface area contributed by atoms with Crippen molar-refractivity contribution in [2.45, 2.75) is 26.7 Å². The Morgan fingerprint density at radius 2 is 2.21 bits per heavy atom. The van der Waals surface area contributed by atoms with E-state index < -0.39 is 0 Å². The highest BCUT2D eigenvalue weighted by Crippen LogP contribution is 2.25. The number of rotatable bonds is 7. The van der Waals surface area contributed by atoms with Crippen molar-refractivity contribution in [3.63, 3.8) is 0 Å². The molecule has 1 rings (SSSR count). The van der Waals surface area contributed by atoms with E-state index in [0.29, 0.717) is 31.0 Å². The maximum atomic E-state index is 11.6. The first-order chi connectivity index (χ1) is 9.17. The molecule has 0 bridgehead atoms. The van der Waals surface area contributed by atoms with Gasteiger partial charge in [0.15, 0.2) is 0 Å². The average Bonchev–Trinajstić information content (AvgIpc) is 2.39. The van der Waals surface area contributed by atoms with Gasteiger partial charge >= 0.3 is 6.03 Å². The van der Waals surface area contributed by atoms with Gasteiger partial charge in [-0.05, 0) is 37.5 Å². The Hall–Kier alpha value is -1.75. The smallest absolute Gasteiger partial charge is 0.319 e. The molecule has 0 aliphatic heterocycles. The van der Waals surface area contributed by atoms with Crippen LogP contribution in [0, 0.1) is 6.92 Å². The molecular formula is C14H22N2O3. The number of aryl methyl sites for hydroxylation is 1. The topological polar surface area (TPSA) is 70.6 Å². The summed E-state index contributed by atoms with van der Waals surface area (Å²) in [5, 5.41) is 14.1. The van der Waals surface area contributed by atoms with Crippen LogP contribution in [0.4, 0.5) is 10.5 Å². The zero-order valence-electron chi connectivity index (χ0n) is 11.5. The summed E-state index contributed by atoms with van der Waals surface area (Å²) in [6.07, 6.45) is 1.45. The predicted octanol–water partition coefficient (Wildman–Crippen LogP) is 2.29. The molecule has 0 spiro atoms. The van der Waals surface area contributed by atoms with Crippen molar-refractivity contribution in [3.8, 4) is 5.75 Å². The Kier molecular flexibility index (Phi) is 6.74. The molecule has 0 saturated carbocycles. The zero-order chi connectivity index (χ0) is 14.1. The molecule has 0 aromatic heterocycles. The number of hydrogen-bond donors (Lipinski definition) is 3. The van der Waals surface area contributed by atoms with Crippen LogP contribution in [0.3, 0.4) is 0 Å². The molecule has 0 heterocycles. The number of urea groups is 1. The van der Waals surface area contributed by atoms with Gasteiger partial charge in [0.05, 0.1) is 12.3 Å². The van der Waals surface area contributed by atoms with Crippen LogP contribution in [0.1, 0.15) is 25.3 Å². The number of ether oxygens (including phenoxy) is 1. The second-order valence-corrected chi connectivity index (χ2v) is 4.31. The third kappa shape index (κ3) is 5.61. The Balaban J connectivity index is 2.62. The first kappa shape index (κ1) is 15.3. The van der Waals surface area contributed by atoms with Crippen LogP contribution in [0.15, 0.2) is 18.2 Å². The normalized spacial score (nSPS) is 10.1.